The van der Waals surface area contributed by atoms with Crippen molar-refractivity contribution in [2.24, 2.45) is 0 Å². The number of thiophene rings is 1. The number of aryl methyl sites for hydroxylation is 2. The van der Waals surface area contributed by atoms with Gasteiger partial charge in [0.25, 0.3) is 0 Å². The number of halogens is 1. The van der Waals surface area contributed by atoms with Crippen LogP contribution in [0.25, 0.3) is 10.4 Å². The minimum absolute atomic E-state index is 0.126. The molecule has 0 aliphatic carbocycles. The Balaban J connectivity index is 2.40. The van der Waals surface area contributed by atoms with Gasteiger partial charge in [-0.25, -0.2) is 4.39 Å². The van der Waals surface area contributed by atoms with Gasteiger partial charge < -0.3 is 0 Å². The zero-order valence-electron chi connectivity index (χ0n) is 8.88. The monoisotopic (exact) mass is 220 g/mol. The van der Waals surface area contributed by atoms with E-state index in [2.05, 4.69) is 19.1 Å². The van der Waals surface area contributed by atoms with Gasteiger partial charge in [0.15, 0.2) is 0 Å². The molecule has 0 saturated carbocycles. The molecule has 1 aromatic heterocycles. The highest BCUT2D eigenvalue weighted by Crippen LogP contribution is 2.29. The van der Waals surface area contributed by atoms with Crippen molar-refractivity contribution in [3.8, 4) is 10.4 Å². The van der Waals surface area contributed by atoms with E-state index in [1.807, 2.05) is 12.1 Å². The average Bonchev–Trinajstić information content (AvgIpc) is 2.70. The molecule has 0 amide bonds. The van der Waals surface area contributed by atoms with Gasteiger partial charge in [-0.05, 0) is 42.7 Å². The molecule has 2 rings (SSSR count). The summed E-state index contributed by atoms with van der Waals surface area (Å²) in [5.74, 6) is -0.126. The van der Waals surface area contributed by atoms with Crippen LogP contribution in [0.3, 0.4) is 0 Å². The zero-order chi connectivity index (χ0) is 10.8. The minimum atomic E-state index is -0.126. The highest BCUT2D eigenvalue weighted by molar-refractivity contribution is 7.15. The number of rotatable bonds is 2. The van der Waals surface area contributed by atoms with Gasteiger partial charge in [0.1, 0.15) is 5.82 Å². The van der Waals surface area contributed by atoms with E-state index in [0.717, 1.165) is 16.9 Å². The molecule has 0 spiro atoms. The van der Waals surface area contributed by atoms with Crippen LogP contribution in [0, 0.1) is 12.7 Å². The molecule has 0 bridgehead atoms. The molecule has 0 N–H and O–H groups in total. The predicted octanol–water partition coefficient (Wildman–Crippen LogP) is 4.43. The van der Waals surface area contributed by atoms with Crippen LogP contribution in [0.4, 0.5) is 4.39 Å². The first-order valence-corrected chi connectivity index (χ1v) is 5.87. The molecule has 0 fully saturated rings. The number of hydrogen-bond donors (Lipinski definition) is 0. The second-order valence-corrected chi connectivity index (χ2v) is 4.75. The maximum absolute atomic E-state index is 13.4. The van der Waals surface area contributed by atoms with Gasteiger partial charge in [0.2, 0.25) is 0 Å². The molecule has 15 heavy (non-hydrogen) atoms. The molecule has 2 heteroatoms. The lowest BCUT2D eigenvalue weighted by atomic mass is 10.1. The molecule has 0 atom stereocenters. The fourth-order valence-electron chi connectivity index (χ4n) is 1.47. The molecule has 0 aliphatic heterocycles. The van der Waals surface area contributed by atoms with Crippen molar-refractivity contribution in [1.82, 2.24) is 0 Å². The van der Waals surface area contributed by atoms with Crippen molar-refractivity contribution in [3.63, 3.8) is 0 Å². The van der Waals surface area contributed by atoms with E-state index < -0.39 is 0 Å². The molecular weight excluding hydrogens is 207 g/mol. The molecular formula is C13H13FS. The van der Waals surface area contributed by atoms with Crippen LogP contribution in [0.15, 0.2) is 30.3 Å². The maximum atomic E-state index is 13.4. The van der Waals surface area contributed by atoms with Gasteiger partial charge in [-0.2, -0.15) is 0 Å². The van der Waals surface area contributed by atoms with Crippen LogP contribution < -0.4 is 0 Å². The third-order valence-corrected chi connectivity index (χ3v) is 3.75. The Labute approximate surface area is 93.4 Å². The molecule has 0 nitrogen and oxygen atoms in total. The quantitative estimate of drug-likeness (QED) is 0.702. The number of benzene rings is 1. The Bertz CT molecular complexity index is 471. The van der Waals surface area contributed by atoms with Gasteiger partial charge in [0, 0.05) is 9.75 Å². The summed E-state index contributed by atoms with van der Waals surface area (Å²) in [4.78, 5) is 2.48. The molecule has 0 aliphatic rings. The summed E-state index contributed by atoms with van der Waals surface area (Å²) >= 11 is 1.73. The van der Waals surface area contributed by atoms with E-state index >= 15 is 0 Å². The standard InChI is InChI=1S/C13H13FS/c1-3-11-6-7-13(15-11)10-5-4-9(2)12(14)8-10/h4-8H,3H2,1-2H3. The molecule has 1 heterocycles. The lowest BCUT2D eigenvalue weighted by Gasteiger charge is -2.00. The van der Waals surface area contributed by atoms with E-state index in [9.17, 15) is 4.39 Å². The van der Waals surface area contributed by atoms with Crippen LogP contribution >= 0.6 is 11.3 Å². The van der Waals surface area contributed by atoms with Crippen molar-refractivity contribution in [2.75, 3.05) is 0 Å². The van der Waals surface area contributed by atoms with Crippen LogP contribution in [0.5, 0.6) is 0 Å². The smallest absolute Gasteiger partial charge is 0.126 e. The summed E-state index contributed by atoms with van der Waals surface area (Å²) in [5.41, 5.74) is 1.67. The van der Waals surface area contributed by atoms with Crippen LogP contribution in [0.2, 0.25) is 0 Å². The number of hydrogen-bond acceptors (Lipinski definition) is 1. The summed E-state index contributed by atoms with van der Waals surface area (Å²) in [6, 6.07) is 9.59. The van der Waals surface area contributed by atoms with Gasteiger partial charge in [-0.15, -0.1) is 11.3 Å². The normalized spacial score (nSPS) is 10.6. The van der Waals surface area contributed by atoms with Crippen LogP contribution in [-0.2, 0) is 6.42 Å². The Morgan fingerprint density at radius 1 is 1.20 bits per heavy atom. The summed E-state index contributed by atoms with van der Waals surface area (Å²) in [7, 11) is 0. The SMILES string of the molecule is CCc1ccc(-c2ccc(C)c(F)c2)s1. The van der Waals surface area contributed by atoms with Gasteiger partial charge in [0.05, 0.1) is 0 Å². The van der Waals surface area contributed by atoms with Crippen molar-refractivity contribution < 1.29 is 4.39 Å². The van der Waals surface area contributed by atoms with Crippen molar-refractivity contribution >= 4 is 11.3 Å². The summed E-state index contributed by atoms with van der Waals surface area (Å²) in [6.45, 7) is 3.91. The topological polar surface area (TPSA) is 0 Å². The van der Waals surface area contributed by atoms with Crippen molar-refractivity contribution in [3.05, 3.63) is 46.6 Å². The van der Waals surface area contributed by atoms with Crippen molar-refractivity contribution in [1.29, 1.82) is 0 Å². The molecule has 0 saturated heterocycles. The Morgan fingerprint density at radius 2 is 2.00 bits per heavy atom. The molecule has 2 aromatic rings. The predicted molar refractivity (Wildman–Crippen MR) is 63.8 cm³/mol. The maximum Gasteiger partial charge on any atom is 0.126 e. The third-order valence-electron chi connectivity index (χ3n) is 2.47. The molecule has 1 aromatic carbocycles. The first kappa shape index (κ1) is 10.4. The van der Waals surface area contributed by atoms with Gasteiger partial charge >= 0.3 is 0 Å². The lowest BCUT2D eigenvalue weighted by molar-refractivity contribution is 0.619. The highest BCUT2D eigenvalue weighted by Gasteiger charge is 2.04. The first-order chi connectivity index (χ1) is 7.20. The van der Waals surface area contributed by atoms with Crippen LogP contribution in [-0.4, -0.2) is 0 Å². The van der Waals surface area contributed by atoms with E-state index in [1.54, 1.807) is 24.3 Å². The van der Waals surface area contributed by atoms with E-state index in [0.29, 0.717) is 5.56 Å². The first-order valence-electron chi connectivity index (χ1n) is 5.06. The van der Waals surface area contributed by atoms with Gasteiger partial charge in [-0.1, -0.05) is 19.1 Å². The highest BCUT2D eigenvalue weighted by atomic mass is 32.1. The molecule has 0 radical (unpaired) electrons. The third kappa shape index (κ3) is 2.10. The fourth-order valence-corrected chi connectivity index (χ4v) is 2.41. The van der Waals surface area contributed by atoms with Crippen LogP contribution in [0.1, 0.15) is 17.4 Å². The summed E-state index contributed by atoms with van der Waals surface area (Å²) in [6.07, 6.45) is 1.04. The Kier molecular flexibility index (Phi) is 2.87. The van der Waals surface area contributed by atoms with E-state index in [1.165, 1.54) is 4.88 Å². The summed E-state index contributed by atoms with van der Waals surface area (Å²) in [5, 5.41) is 0. The lowest BCUT2D eigenvalue weighted by Crippen LogP contribution is -1.82. The van der Waals surface area contributed by atoms with E-state index in [4.69, 9.17) is 0 Å². The Hall–Kier alpha value is -1.15. The zero-order valence-corrected chi connectivity index (χ0v) is 9.70. The molecule has 78 valence electrons. The van der Waals surface area contributed by atoms with Crippen molar-refractivity contribution in [2.45, 2.75) is 20.3 Å². The second kappa shape index (κ2) is 4.15. The second-order valence-electron chi connectivity index (χ2n) is 3.58. The van der Waals surface area contributed by atoms with Gasteiger partial charge in [-0.3, -0.25) is 0 Å². The minimum Gasteiger partial charge on any atom is -0.207 e. The average molecular weight is 220 g/mol. The summed E-state index contributed by atoms with van der Waals surface area (Å²) < 4.78 is 13.4. The van der Waals surface area contributed by atoms with E-state index in [-0.39, 0.29) is 5.82 Å². The fraction of sp³-hybridized carbons (Fsp3) is 0.231. The molecule has 0 unspecified atom stereocenters. The Morgan fingerprint density at radius 3 is 2.60 bits per heavy atom. The largest absolute Gasteiger partial charge is 0.207 e.